The molecule has 2 N–H and O–H groups in total. The zero-order valence-electron chi connectivity index (χ0n) is 14.5. The van der Waals surface area contributed by atoms with Gasteiger partial charge in [0.2, 0.25) is 5.88 Å². The van der Waals surface area contributed by atoms with Crippen molar-refractivity contribution in [1.29, 1.82) is 0 Å². The van der Waals surface area contributed by atoms with Crippen molar-refractivity contribution in [3.8, 4) is 5.88 Å². The van der Waals surface area contributed by atoms with Crippen LogP contribution in [0.5, 0.6) is 5.88 Å². The lowest BCUT2D eigenvalue weighted by atomic mass is 10.1. The van der Waals surface area contributed by atoms with Gasteiger partial charge in [0.25, 0.3) is 0 Å². The molecule has 0 radical (unpaired) electrons. The number of hydrogen-bond acceptors (Lipinski definition) is 6. The second-order valence-corrected chi connectivity index (χ2v) is 6.46. The van der Waals surface area contributed by atoms with Crippen molar-refractivity contribution < 1.29 is 17.9 Å². The van der Waals surface area contributed by atoms with Crippen LogP contribution in [0.2, 0.25) is 0 Å². The number of likely N-dealkylation sites (tertiary alicyclic amines) is 1. The minimum atomic E-state index is -4.33. The number of alkyl halides is 3. The molecule has 3 rings (SSSR count). The molecule has 2 aromatic heterocycles. The van der Waals surface area contributed by atoms with Gasteiger partial charge in [-0.2, -0.15) is 23.3 Å². The number of nitrogens with zero attached hydrogens (tertiary/aromatic N) is 4. The first-order valence-electron chi connectivity index (χ1n) is 8.37. The van der Waals surface area contributed by atoms with E-state index >= 15 is 0 Å². The fourth-order valence-corrected chi connectivity index (χ4v) is 2.67. The highest BCUT2D eigenvalue weighted by Crippen LogP contribution is 2.34. The van der Waals surface area contributed by atoms with Gasteiger partial charge in [-0.1, -0.05) is 0 Å². The van der Waals surface area contributed by atoms with Crippen LogP contribution in [-0.2, 0) is 0 Å². The molecule has 7 nitrogen and oxygen atoms in total. The van der Waals surface area contributed by atoms with Gasteiger partial charge in [0.1, 0.15) is 6.10 Å². The first-order valence-corrected chi connectivity index (χ1v) is 8.37. The fourth-order valence-electron chi connectivity index (χ4n) is 2.67. The van der Waals surface area contributed by atoms with E-state index in [1.165, 1.54) is 18.5 Å². The standard InChI is InChI=1S/C16H21F3N6O/c1-10(16(17,18)19)12-7-13(24-23-12)21-14-8-20-9-15(22-14)26-11-3-5-25(2)6-4-11/h7-11H,3-6H2,1-2H3,(H2,21,22,23,24). The Morgan fingerprint density at radius 1 is 1.27 bits per heavy atom. The zero-order valence-corrected chi connectivity index (χ0v) is 14.5. The summed E-state index contributed by atoms with van der Waals surface area (Å²) >= 11 is 0. The Kier molecular flexibility index (Phi) is 5.30. The van der Waals surface area contributed by atoms with Crippen molar-refractivity contribution in [1.82, 2.24) is 25.1 Å². The van der Waals surface area contributed by atoms with Crippen LogP contribution in [-0.4, -0.2) is 57.5 Å². The summed E-state index contributed by atoms with van der Waals surface area (Å²) < 4.78 is 44.1. The molecule has 1 fully saturated rings. The van der Waals surface area contributed by atoms with Crippen molar-refractivity contribution in [2.24, 2.45) is 0 Å². The van der Waals surface area contributed by atoms with Crippen LogP contribution in [0, 0.1) is 0 Å². The van der Waals surface area contributed by atoms with Crippen LogP contribution < -0.4 is 10.1 Å². The molecule has 1 unspecified atom stereocenters. The second-order valence-electron chi connectivity index (χ2n) is 6.46. The van der Waals surface area contributed by atoms with E-state index in [9.17, 15) is 13.2 Å². The summed E-state index contributed by atoms with van der Waals surface area (Å²) in [6.45, 7) is 3.00. The highest BCUT2D eigenvalue weighted by molar-refractivity contribution is 5.51. The normalized spacial score (nSPS) is 17.9. The molecule has 2 aromatic rings. The molecule has 0 saturated carbocycles. The van der Waals surface area contributed by atoms with E-state index in [-0.39, 0.29) is 17.6 Å². The maximum atomic E-state index is 12.8. The number of hydrogen-bond donors (Lipinski definition) is 2. The van der Waals surface area contributed by atoms with Crippen molar-refractivity contribution in [2.75, 3.05) is 25.5 Å². The van der Waals surface area contributed by atoms with Gasteiger partial charge in [-0.15, -0.1) is 0 Å². The number of nitrogens with one attached hydrogen (secondary N) is 2. The molecule has 26 heavy (non-hydrogen) atoms. The Morgan fingerprint density at radius 2 is 2.00 bits per heavy atom. The highest BCUT2D eigenvalue weighted by Gasteiger charge is 2.38. The van der Waals surface area contributed by atoms with Crippen molar-refractivity contribution in [2.45, 2.75) is 38.0 Å². The topological polar surface area (TPSA) is 79.0 Å². The average Bonchev–Trinajstić information content (AvgIpc) is 3.04. The summed E-state index contributed by atoms with van der Waals surface area (Å²) in [5.74, 6) is -0.658. The van der Waals surface area contributed by atoms with E-state index in [0.29, 0.717) is 11.7 Å². The first kappa shape index (κ1) is 18.4. The smallest absolute Gasteiger partial charge is 0.396 e. The maximum absolute atomic E-state index is 12.8. The van der Waals surface area contributed by atoms with Crippen LogP contribution >= 0.6 is 0 Å². The van der Waals surface area contributed by atoms with Gasteiger partial charge in [0.15, 0.2) is 11.6 Å². The molecule has 1 atom stereocenters. The van der Waals surface area contributed by atoms with Crippen LogP contribution in [0.1, 0.15) is 31.4 Å². The van der Waals surface area contributed by atoms with Gasteiger partial charge in [-0.25, -0.2) is 0 Å². The lowest BCUT2D eigenvalue weighted by Crippen LogP contribution is -2.35. The monoisotopic (exact) mass is 370 g/mol. The predicted octanol–water partition coefficient (Wildman–Crippen LogP) is 3.08. The molecule has 1 aliphatic rings. The molecular formula is C16H21F3N6O. The van der Waals surface area contributed by atoms with E-state index in [0.717, 1.165) is 32.9 Å². The summed E-state index contributed by atoms with van der Waals surface area (Å²) in [5.41, 5.74) is -0.0216. The van der Waals surface area contributed by atoms with Gasteiger partial charge in [0, 0.05) is 24.8 Å². The number of rotatable bonds is 5. The van der Waals surface area contributed by atoms with E-state index in [4.69, 9.17) is 4.74 Å². The Balaban J connectivity index is 1.63. The number of aromatic nitrogens is 4. The van der Waals surface area contributed by atoms with E-state index in [2.05, 4.69) is 37.4 Å². The Labute approximate surface area is 149 Å². The molecule has 0 spiro atoms. The molecule has 0 amide bonds. The van der Waals surface area contributed by atoms with Gasteiger partial charge < -0.3 is 15.0 Å². The predicted molar refractivity (Wildman–Crippen MR) is 89.5 cm³/mol. The Hall–Kier alpha value is -2.36. The average molecular weight is 370 g/mol. The molecule has 10 heteroatoms. The minimum absolute atomic E-state index is 0.0216. The third-order valence-electron chi connectivity index (χ3n) is 4.38. The van der Waals surface area contributed by atoms with Crippen molar-refractivity contribution >= 4 is 11.6 Å². The summed E-state index contributed by atoms with van der Waals surface area (Å²) in [7, 11) is 2.07. The summed E-state index contributed by atoms with van der Waals surface area (Å²) in [6, 6.07) is 1.31. The molecule has 0 aliphatic carbocycles. The molecule has 1 saturated heterocycles. The van der Waals surface area contributed by atoms with Gasteiger partial charge >= 0.3 is 6.18 Å². The quantitative estimate of drug-likeness (QED) is 0.842. The summed E-state index contributed by atoms with van der Waals surface area (Å²) in [4.78, 5) is 10.6. The van der Waals surface area contributed by atoms with Crippen molar-refractivity contribution in [3.05, 3.63) is 24.2 Å². The molecule has 142 valence electrons. The van der Waals surface area contributed by atoms with E-state index < -0.39 is 12.1 Å². The van der Waals surface area contributed by atoms with Crippen LogP contribution in [0.25, 0.3) is 0 Å². The number of anilines is 2. The van der Waals surface area contributed by atoms with E-state index in [1.54, 1.807) is 0 Å². The Bertz CT molecular complexity index is 727. The summed E-state index contributed by atoms with van der Waals surface area (Å²) in [6.07, 6.45) is 0.557. The van der Waals surface area contributed by atoms with Crippen LogP contribution in [0.3, 0.4) is 0 Å². The number of H-pyrrole nitrogens is 1. The largest absolute Gasteiger partial charge is 0.473 e. The third-order valence-corrected chi connectivity index (χ3v) is 4.38. The lowest BCUT2D eigenvalue weighted by Gasteiger charge is -2.28. The number of aromatic amines is 1. The molecule has 1 aliphatic heterocycles. The highest BCUT2D eigenvalue weighted by atomic mass is 19.4. The van der Waals surface area contributed by atoms with Crippen molar-refractivity contribution in [3.63, 3.8) is 0 Å². The number of ether oxygens (including phenoxy) is 1. The molecule has 3 heterocycles. The number of halogens is 3. The van der Waals surface area contributed by atoms with Gasteiger partial charge in [-0.3, -0.25) is 10.1 Å². The third kappa shape index (κ3) is 4.63. The van der Waals surface area contributed by atoms with Gasteiger partial charge in [0.05, 0.1) is 18.3 Å². The van der Waals surface area contributed by atoms with E-state index in [1.807, 2.05) is 0 Å². The minimum Gasteiger partial charge on any atom is -0.473 e. The van der Waals surface area contributed by atoms with Crippen LogP contribution in [0.4, 0.5) is 24.8 Å². The second kappa shape index (κ2) is 7.48. The first-order chi connectivity index (χ1) is 12.3. The summed E-state index contributed by atoms with van der Waals surface area (Å²) in [5, 5.41) is 9.09. The molecular weight excluding hydrogens is 349 g/mol. The lowest BCUT2D eigenvalue weighted by molar-refractivity contribution is -0.147. The maximum Gasteiger partial charge on any atom is 0.396 e. The number of piperidine rings is 1. The van der Waals surface area contributed by atoms with Gasteiger partial charge in [-0.05, 0) is 26.8 Å². The zero-order chi connectivity index (χ0) is 18.7. The van der Waals surface area contributed by atoms with Crippen LogP contribution in [0.15, 0.2) is 18.5 Å². The SMILES string of the molecule is CC(c1cc(Nc2cncc(OC3CCN(C)CC3)n2)n[nH]1)C(F)(F)F. The fraction of sp³-hybridized carbons (Fsp3) is 0.562. The molecule has 0 aromatic carbocycles. The Morgan fingerprint density at radius 3 is 2.69 bits per heavy atom. The molecule has 0 bridgehead atoms.